The minimum Gasteiger partial charge on any atom is -0.340 e. The molecule has 2 saturated heterocycles. The Morgan fingerprint density at radius 3 is 2.50 bits per heavy atom. The van der Waals surface area contributed by atoms with Crippen LogP contribution in [0.2, 0.25) is 0 Å². The van der Waals surface area contributed by atoms with E-state index in [-0.39, 0.29) is 23.4 Å². The van der Waals surface area contributed by atoms with Gasteiger partial charge in [-0.3, -0.25) is 9.59 Å². The molecule has 2 fully saturated rings. The molecule has 7 heteroatoms. The van der Waals surface area contributed by atoms with Crippen molar-refractivity contribution in [3.05, 3.63) is 88.6 Å². The standard InChI is InChI=1S/C23H23N5O2/c1-26-11-8-17(12-20(26)29)22(30)28-14-18-13-27(23-24-9-5-10-25-23)15-19(18)21(28)16-6-3-2-4-7-16/h2-12,18-19,21H,13-15H2,1H3/t18-,19-,21+/m0/s1. The van der Waals surface area contributed by atoms with Crippen LogP contribution in [0.15, 0.2) is 71.9 Å². The van der Waals surface area contributed by atoms with E-state index >= 15 is 0 Å². The number of hydrogen-bond acceptors (Lipinski definition) is 5. The molecule has 0 spiro atoms. The fourth-order valence-electron chi connectivity index (χ4n) is 4.80. The van der Waals surface area contributed by atoms with Crippen LogP contribution in [-0.2, 0) is 7.05 Å². The highest BCUT2D eigenvalue weighted by Crippen LogP contribution is 2.45. The monoisotopic (exact) mass is 401 g/mol. The molecule has 0 saturated carbocycles. The summed E-state index contributed by atoms with van der Waals surface area (Å²) >= 11 is 0. The second kappa shape index (κ2) is 7.40. The Bertz CT molecular complexity index is 1120. The Labute approximate surface area is 174 Å². The predicted molar refractivity (Wildman–Crippen MR) is 113 cm³/mol. The van der Waals surface area contributed by atoms with Gasteiger partial charge in [0.05, 0.1) is 6.04 Å². The Kier molecular flexibility index (Phi) is 4.58. The van der Waals surface area contributed by atoms with E-state index in [0.29, 0.717) is 18.0 Å². The first-order valence-corrected chi connectivity index (χ1v) is 10.2. The lowest BCUT2D eigenvalue weighted by Gasteiger charge is -2.30. The van der Waals surface area contributed by atoms with E-state index in [4.69, 9.17) is 0 Å². The number of nitrogens with zero attached hydrogens (tertiary/aromatic N) is 5. The Hall–Kier alpha value is -3.48. The molecular formula is C23H23N5O2. The van der Waals surface area contributed by atoms with E-state index in [2.05, 4.69) is 27.0 Å². The zero-order valence-corrected chi connectivity index (χ0v) is 16.8. The van der Waals surface area contributed by atoms with Crippen molar-refractivity contribution in [1.82, 2.24) is 19.4 Å². The van der Waals surface area contributed by atoms with Gasteiger partial charge in [-0.25, -0.2) is 9.97 Å². The van der Waals surface area contributed by atoms with Crippen molar-refractivity contribution in [1.29, 1.82) is 0 Å². The zero-order chi connectivity index (χ0) is 20.7. The third kappa shape index (κ3) is 3.16. The van der Waals surface area contributed by atoms with E-state index < -0.39 is 0 Å². The topological polar surface area (TPSA) is 71.3 Å². The molecule has 2 aliphatic rings. The van der Waals surface area contributed by atoms with Gasteiger partial charge < -0.3 is 14.4 Å². The predicted octanol–water partition coefficient (Wildman–Crippen LogP) is 2.12. The molecule has 1 amide bonds. The molecule has 0 radical (unpaired) electrons. The summed E-state index contributed by atoms with van der Waals surface area (Å²) in [4.78, 5) is 38.5. The van der Waals surface area contributed by atoms with E-state index in [9.17, 15) is 9.59 Å². The number of carbonyl (C=O) groups excluding carboxylic acids is 1. The van der Waals surface area contributed by atoms with Crippen LogP contribution in [-0.4, -0.2) is 45.0 Å². The number of pyridine rings is 1. The maximum absolute atomic E-state index is 13.4. The summed E-state index contributed by atoms with van der Waals surface area (Å²) in [6, 6.07) is 15.1. The number of amides is 1. The number of anilines is 1. The maximum atomic E-state index is 13.4. The highest BCUT2D eigenvalue weighted by atomic mass is 16.2. The molecule has 0 bridgehead atoms. The summed E-state index contributed by atoms with van der Waals surface area (Å²) < 4.78 is 1.47. The van der Waals surface area contributed by atoms with E-state index in [1.165, 1.54) is 10.6 Å². The lowest BCUT2D eigenvalue weighted by Crippen LogP contribution is -2.36. The normalized spacial score (nSPS) is 22.9. The molecule has 3 aromatic rings. The summed E-state index contributed by atoms with van der Waals surface area (Å²) in [5.41, 5.74) is 1.39. The average molecular weight is 401 g/mol. The summed E-state index contributed by atoms with van der Waals surface area (Å²) in [7, 11) is 1.68. The maximum Gasteiger partial charge on any atom is 0.254 e. The number of aryl methyl sites for hydroxylation is 1. The van der Waals surface area contributed by atoms with Gasteiger partial charge in [0.15, 0.2) is 0 Å². The van der Waals surface area contributed by atoms with Crippen LogP contribution < -0.4 is 10.5 Å². The van der Waals surface area contributed by atoms with E-state index in [1.807, 2.05) is 29.2 Å². The summed E-state index contributed by atoms with van der Waals surface area (Å²) in [5, 5.41) is 0. The zero-order valence-electron chi connectivity index (χ0n) is 16.8. The number of hydrogen-bond donors (Lipinski definition) is 0. The third-order valence-electron chi connectivity index (χ3n) is 6.25. The fourth-order valence-corrected chi connectivity index (χ4v) is 4.80. The SMILES string of the molecule is Cn1ccc(C(=O)N2C[C@@H]3CN(c4ncccn4)C[C@@H]3[C@H]2c2ccccc2)cc1=O. The van der Waals surface area contributed by atoms with Crippen molar-refractivity contribution in [2.75, 3.05) is 24.5 Å². The van der Waals surface area contributed by atoms with Gasteiger partial charge in [-0.1, -0.05) is 30.3 Å². The molecule has 0 aliphatic carbocycles. The lowest BCUT2D eigenvalue weighted by atomic mass is 9.89. The molecule has 0 N–H and O–H groups in total. The Morgan fingerprint density at radius 1 is 1.00 bits per heavy atom. The van der Waals surface area contributed by atoms with E-state index in [0.717, 1.165) is 24.6 Å². The first-order chi connectivity index (χ1) is 14.6. The summed E-state index contributed by atoms with van der Waals surface area (Å²) in [6.07, 6.45) is 5.17. The van der Waals surface area contributed by atoms with Gasteiger partial charge in [0, 0.05) is 68.7 Å². The number of aromatic nitrogens is 3. The molecule has 2 aromatic heterocycles. The first-order valence-electron chi connectivity index (χ1n) is 10.2. The van der Waals surface area contributed by atoms with E-state index in [1.54, 1.807) is 31.7 Å². The molecule has 2 aliphatic heterocycles. The van der Waals surface area contributed by atoms with Gasteiger partial charge in [-0.15, -0.1) is 0 Å². The van der Waals surface area contributed by atoms with Gasteiger partial charge in [-0.2, -0.15) is 0 Å². The first kappa shape index (κ1) is 18.5. The molecule has 1 aromatic carbocycles. The Balaban J connectivity index is 1.48. The van der Waals surface area contributed by atoms with Crippen molar-refractivity contribution < 1.29 is 4.79 Å². The highest BCUT2D eigenvalue weighted by Gasteiger charge is 2.49. The number of rotatable bonds is 3. The van der Waals surface area contributed by atoms with Crippen molar-refractivity contribution in [3.63, 3.8) is 0 Å². The number of likely N-dealkylation sites (tertiary alicyclic amines) is 1. The van der Waals surface area contributed by atoms with Gasteiger partial charge in [0.1, 0.15) is 0 Å². The third-order valence-corrected chi connectivity index (χ3v) is 6.25. The Morgan fingerprint density at radius 2 is 1.77 bits per heavy atom. The van der Waals surface area contributed by atoms with Crippen molar-refractivity contribution in [2.45, 2.75) is 6.04 Å². The number of carbonyl (C=O) groups is 1. The molecule has 3 atom stereocenters. The highest BCUT2D eigenvalue weighted by molar-refractivity contribution is 5.94. The van der Waals surface area contributed by atoms with Crippen LogP contribution in [0.5, 0.6) is 0 Å². The quantitative estimate of drug-likeness (QED) is 0.672. The van der Waals surface area contributed by atoms with Crippen molar-refractivity contribution in [3.8, 4) is 0 Å². The van der Waals surface area contributed by atoms with Crippen LogP contribution in [0.1, 0.15) is 22.0 Å². The van der Waals surface area contributed by atoms with Gasteiger partial charge in [0.2, 0.25) is 5.95 Å². The van der Waals surface area contributed by atoms with Crippen LogP contribution in [0.25, 0.3) is 0 Å². The van der Waals surface area contributed by atoms with Crippen LogP contribution >= 0.6 is 0 Å². The second-order valence-corrected chi connectivity index (χ2v) is 8.06. The molecule has 30 heavy (non-hydrogen) atoms. The van der Waals surface area contributed by atoms with Crippen LogP contribution in [0, 0.1) is 11.8 Å². The molecule has 7 nitrogen and oxygen atoms in total. The average Bonchev–Trinajstić information content (AvgIpc) is 3.34. The second-order valence-electron chi connectivity index (χ2n) is 8.06. The van der Waals surface area contributed by atoms with Gasteiger partial charge >= 0.3 is 0 Å². The van der Waals surface area contributed by atoms with Crippen molar-refractivity contribution in [2.24, 2.45) is 18.9 Å². The lowest BCUT2D eigenvalue weighted by molar-refractivity contribution is 0.0715. The number of fused-ring (bicyclic) bond motifs is 1. The smallest absolute Gasteiger partial charge is 0.254 e. The molecule has 5 rings (SSSR count). The molecular weight excluding hydrogens is 378 g/mol. The van der Waals surface area contributed by atoms with Crippen LogP contribution in [0.3, 0.4) is 0 Å². The van der Waals surface area contributed by atoms with Crippen molar-refractivity contribution >= 4 is 11.9 Å². The van der Waals surface area contributed by atoms with Gasteiger partial charge in [-0.05, 0) is 17.7 Å². The molecule has 152 valence electrons. The molecule has 4 heterocycles. The number of benzene rings is 1. The summed E-state index contributed by atoms with van der Waals surface area (Å²) in [5.74, 6) is 1.27. The fraction of sp³-hybridized carbons (Fsp3) is 0.304. The summed E-state index contributed by atoms with van der Waals surface area (Å²) in [6.45, 7) is 2.27. The van der Waals surface area contributed by atoms with Crippen LogP contribution in [0.4, 0.5) is 5.95 Å². The minimum atomic E-state index is -0.177. The largest absolute Gasteiger partial charge is 0.340 e. The minimum absolute atomic E-state index is 0.0403. The van der Waals surface area contributed by atoms with Gasteiger partial charge in [0.25, 0.3) is 11.5 Å². The molecule has 0 unspecified atom stereocenters.